The first-order valence-electron chi connectivity index (χ1n) is 14.6. The summed E-state index contributed by atoms with van der Waals surface area (Å²) in [6.45, 7) is 9.49. The van der Waals surface area contributed by atoms with E-state index in [0.717, 1.165) is 16.5 Å². The number of carbonyl (C=O) groups is 4. The maximum absolute atomic E-state index is 13.5. The summed E-state index contributed by atoms with van der Waals surface area (Å²) in [7, 11) is 1.45. The highest BCUT2D eigenvalue weighted by Gasteiger charge is 2.37. The summed E-state index contributed by atoms with van der Waals surface area (Å²) in [4.78, 5) is 58.4. The number of amides is 2. The number of pyridine rings is 1. The highest BCUT2D eigenvalue weighted by molar-refractivity contribution is 5.94. The van der Waals surface area contributed by atoms with Crippen LogP contribution >= 0.6 is 0 Å². The topological polar surface area (TPSA) is 127 Å². The van der Waals surface area contributed by atoms with Crippen molar-refractivity contribution in [2.24, 2.45) is 17.3 Å². The summed E-state index contributed by atoms with van der Waals surface area (Å²) in [6, 6.07) is 7.88. The Bertz CT molecular complexity index is 1370. The van der Waals surface area contributed by atoms with Crippen molar-refractivity contribution in [3.63, 3.8) is 0 Å². The minimum Gasteiger partial charge on any atom is -0.455 e. The summed E-state index contributed by atoms with van der Waals surface area (Å²) in [6.07, 6.45) is 4.20. The minimum atomic E-state index is -0.996. The third-order valence-electron chi connectivity index (χ3n) is 8.09. The molecule has 2 aliphatic rings. The van der Waals surface area contributed by atoms with Gasteiger partial charge in [-0.25, -0.2) is 10.4 Å². The Morgan fingerprint density at radius 1 is 1.14 bits per heavy atom. The number of ether oxygens (including phenoxy) is 2. The van der Waals surface area contributed by atoms with Gasteiger partial charge in [-0.05, 0) is 57.2 Å². The van der Waals surface area contributed by atoms with E-state index in [1.807, 2.05) is 70.2 Å². The molecular formula is C32H42N4O6. The normalized spacial score (nSPS) is 26.7. The Balaban J connectivity index is 1.72. The third-order valence-corrected chi connectivity index (χ3v) is 8.09. The second-order valence-corrected chi connectivity index (χ2v) is 12.1. The van der Waals surface area contributed by atoms with Crippen molar-refractivity contribution in [2.45, 2.75) is 72.1 Å². The Hall–Kier alpha value is -3.63. The van der Waals surface area contributed by atoms with Crippen molar-refractivity contribution in [1.82, 2.24) is 20.7 Å². The van der Waals surface area contributed by atoms with Crippen LogP contribution in [0.2, 0.25) is 0 Å². The van der Waals surface area contributed by atoms with Gasteiger partial charge in [0.05, 0.1) is 17.8 Å². The zero-order valence-corrected chi connectivity index (χ0v) is 25.3. The number of aromatic nitrogens is 1. The lowest BCUT2D eigenvalue weighted by Gasteiger charge is -2.35. The standard InChI is InChI=1S/C32H42N4O6/c1-19(2)23-17-28(37)32(4,5)14-13-21-9-10-22-11-12-24(33-26(22)16-21)20(3)42-31(40)25-8-7-15-36(35-25)30(39)27(18-41-6)34-29(23)38/h9-14,16,19-20,23,25,27,35H,7-8,15,17-18H2,1-6H3,(H,34,38)/b14-13+/t20-,23+,25+,27+/m1/s1. The van der Waals surface area contributed by atoms with Gasteiger partial charge in [-0.15, -0.1) is 0 Å². The number of Topliss-reactive ketones (excluding diaryl/α,β-unsaturated/α-hetero) is 1. The number of hydrogen-bond acceptors (Lipinski definition) is 8. The number of hydrogen-bond donors (Lipinski definition) is 2. The minimum absolute atomic E-state index is 0.0190. The van der Waals surface area contributed by atoms with Gasteiger partial charge in [-0.2, -0.15) is 0 Å². The molecule has 10 heteroatoms. The van der Waals surface area contributed by atoms with Gasteiger partial charge in [0.2, 0.25) is 5.91 Å². The largest absolute Gasteiger partial charge is 0.455 e. The van der Waals surface area contributed by atoms with Crippen LogP contribution in [0, 0.1) is 17.3 Å². The molecule has 2 aromatic rings. The number of hydrazine groups is 1. The van der Waals surface area contributed by atoms with E-state index < -0.39 is 47.3 Å². The fourth-order valence-corrected chi connectivity index (χ4v) is 5.21. The molecule has 0 radical (unpaired) electrons. The Morgan fingerprint density at radius 3 is 2.60 bits per heavy atom. The van der Waals surface area contributed by atoms with Crippen LogP contribution in [0.4, 0.5) is 0 Å². The molecule has 0 spiro atoms. The van der Waals surface area contributed by atoms with Crippen molar-refractivity contribution in [3.05, 3.63) is 47.7 Å². The van der Waals surface area contributed by atoms with Crippen LogP contribution in [0.3, 0.4) is 0 Å². The Morgan fingerprint density at radius 2 is 1.88 bits per heavy atom. The van der Waals surface area contributed by atoms with Gasteiger partial charge < -0.3 is 14.8 Å². The Kier molecular flexibility index (Phi) is 9.78. The van der Waals surface area contributed by atoms with Gasteiger partial charge in [0.25, 0.3) is 5.91 Å². The molecule has 5 bridgehead atoms. The second-order valence-electron chi connectivity index (χ2n) is 12.1. The van der Waals surface area contributed by atoms with E-state index in [1.54, 1.807) is 6.92 Å². The predicted octanol–water partition coefficient (Wildman–Crippen LogP) is 3.75. The van der Waals surface area contributed by atoms with E-state index in [2.05, 4.69) is 10.7 Å². The molecule has 1 saturated heterocycles. The molecule has 0 saturated carbocycles. The number of cyclic esters (lactones) is 1. The van der Waals surface area contributed by atoms with Crippen LogP contribution in [0.1, 0.15) is 71.2 Å². The number of nitrogens with zero attached hydrogens (tertiary/aromatic N) is 2. The smallest absolute Gasteiger partial charge is 0.325 e. The van der Waals surface area contributed by atoms with Crippen molar-refractivity contribution in [3.8, 4) is 0 Å². The first-order chi connectivity index (χ1) is 19.9. The summed E-state index contributed by atoms with van der Waals surface area (Å²) >= 11 is 0. The van der Waals surface area contributed by atoms with E-state index in [-0.39, 0.29) is 24.7 Å². The van der Waals surface area contributed by atoms with Crippen LogP contribution in [0.15, 0.2) is 36.4 Å². The van der Waals surface area contributed by atoms with Crippen molar-refractivity contribution < 1.29 is 28.7 Å². The van der Waals surface area contributed by atoms with Crippen molar-refractivity contribution in [2.75, 3.05) is 20.3 Å². The lowest BCUT2D eigenvalue weighted by atomic mass is 9.79. The number of carbonyl (C=O) groups excluding carboxylic acids is 4. The molecule has 2 amide bonds. The number of esters is 1. The molecule has 1 aromatic carbocycles. The van der Waals surface area contributed by atoms with E-state index in [1.165, 1.54) is 12.1 Å². The molecule has 0 aliphatic carbocycles. The van der Waals surface area contributed by atoms with Gasteiger partial charge in [0.15, 0.2) is 0 Å². The van der Waals surface area contributed by atoms with E-state index >= 15 is 0 Å². The summed E-state index contributed by atoms with van der Waals surface area (Å²) in [5.41, 5.74) is 4.36. The predicted molar refractivity (Wildman–Crippen MR) is 159 cm³/mol. The third kappa shape index (κ3) is 7.22. The number of rotatable bonds is 3. The van der Waals surface area contributed by atoms with Crippen LogP contribution in [-0.4, -0.2) is 65.9 Å². The van der Waals surface area contributed by atoms with Crippen molar-refractivity contribution >= 4 is 40.5 Å². The van der Waals surface area contributed by atoms with Gasteiger partial charge in [0, 0.05) is 36.8 Å². The average Bonchev–Trinajstić information content (AvgIpc) is 2.96. The lowest BCUT2D eigenvalue weighted by molar-refractivity contribution is -0.157. The van der Waals surface area contributed by atoms with Gasteiger partial charge in [-0.3, -0.25) is 24.2 Å². The summed E-state index contributed by atoms with van der Waals surface area (Å²) in [5.74, 6) is -2.18. The lowest BCUT2D eigenvalue weighted by Crippen LogP contribution is -2.61. The first kappa shape index (κ1) is 31.3. The fraction of sp³-hybridized carbons (Fsp3) is 0.531. The molecule has 3 heterocycles. The maximum Gasteiger partial charge on any atom is 0.325 e. The molecule has 0 unspecified atom stereocenters. The quantitative estimate of drug-likeness (QED) is 0.528. The molecule has 4 atom stereocenters. The average molecular weight is 579 g/mol. The zero-order valence-electron chi connectivity index (χ0n) is 25.3. The van der Waals surface area contributed by atoms with Crippen LogP contribution in [0.25, 0.3) is 17.0 Å². The number of fused-ring (bicyclic) bond motifs is 4. The first-order valence-corrected chi connectivity index (χ1v) is 14.6. The second kappa shape index (κ2) is 13.1. The maximum atomic E-state index is 13.5. The number of benzene rings is 1. The molecule has 4 rings (SSSR count). The highest BCUT2D eigenvalue weighted by atomic mass is 16.5. The van der Waals surface area contributed by atoms with Crippen LogP contribution in [0.5, 0.6) is 0 Å². The molecule has 1 fully saturated rings. The SMILES string of the molecule is COC[C@@H]1NC(=O)[C@H](C(C)C)CC(=O)C(C)(C)/C=C/c2ccc3ccc(nc3c2)[C@@H](C)OC(=O)[C@@H]2CCCN(N2)C1=O. The number of nitrogens with one attached hydrogen (secondary N) is 2. The molecular weight excluding hydrogens is 536 g/mol. The van der Waals surface area contributed by atoms with Gasteiger partial charge >= 0.3 is 5.97 Å². The number of allylic oxidation sites excluding steroid dienone is 1. The summed E-state index contributed by atoms with van der Waals surface area (Å²) < 4.78 is 11.0. The highest BCUT2D eigenvalue weighted by Crippen LogP contribution is 2.28. The van der Waals surface area contributed by atoms with Gasteiger partial charge in [0.1, 0.15) is 24.0 Å². The zero-order chi connectivity index (χ0) is 30.6. The van der Waals surface area contributed by atoms with Crippen LogP contribution in [-0.2, 0) is 28.7 Å². The van der Waals surface area contributed by atoms with E-state index in [0.29, 0.717) is 25.1 Å². The molecule has 226 valence electrons. The summed E-state index contributed by atoms with van der Waals surface area (Å²) in [5, 5.41) is 5.10. The van der Waals surface area contributed by atoms with Crippen LogP contribution < -0.4 is 10.7 Å². The van der Waals surface area contributed by atoms with E-state index in [9.17, 15) is 19.2 Å². The fourth-order valence-electron chi connectivity index (χ4n) is 5.21. The monoisotopic (exact) mass is 578 g/mol. The van der Waals surface area contributed by atoms with E-state index in [4.69, 9.17) is 14.5 Å². The number of ketones is 1. The number of methoxy groups -OCH3 is 1. The molecule has 2 aliphatic heterocycles. The molecule has 1 aromatic heterocycles. The van der Waals surface area contributed by atoms with Crippen molar-refractivity contribution in [1.29, 1.82) is 0 Å². The van der Waals surface area contributed by atoms with Gasteiger partial charge in [-0.1, -0.05) is 44.2 Å². The molecule has 2 N–H and O–H groups in total. The molecule has 42 heavy (non-hydrogen) atoms. The molecule has 10 nitrogen and oxygen atoms in total. The Labute approximate surface area is 247 Å².